The highest BCUT2D eigenvalue weighted by molar-refractivity contribution is 5.86. The Morgan fingerprint density at radius 1 is 1.17 bits per heavy atom. The quantitative estimate of drug-likeness (QED) is 0.696. The molecule has 134 valence electrons. The summed E-state index contributed by atoms with van der Waals surface area (Å²) in [6.07, 6.45) is 3.67. The van der Waals surface area contributed by atoms with Crippen LogP contribution in [0, 0.1) is 23.7 Å². The Balaban J connectivity index is 2.88. The molecule has 0 aromatic rings. The smallest absolute Gasteiger partial charge is 0.329 e. The van der Waals surface area contributed by atoms with Crippen LogP contribution in [-0.2, 0) is 14.3 Å². The summed E-state index contributed by atoms with van der Waals surface area (Å²) in [5.74, 6) is 1.35. The summed E-state index contributed by atoms with van der Waals surface area (Å²) in [7, 11) is 1.76. The van der Waals surface area contributed by atoms with Crippen molar-refractivity contribution in [2.45, 2.75) is 79.4 Å². The normalized spacial score (nSPS) is 26.2. The Morgan fingerprint density at radius 3 is 2.26 bits per heavy atom. The van der Waals surface area contributed by atoms with Crippen molar-refractivity contribution in [2.75, 3.05) is 7.05 Å². The zero-order valence-corrected chi connectivity index (χ0v) is 16.0. The second-order valence-electron chi connectivity index (χ2n) is 7.79. The van der Waals surface area contributed by atoms with Gasteiger partial charge >= 0.3 is 5.97 Å². The van der Waals surface area contributed by atoms with E-state index in [1.165, 1.54) is 6.42 Å². The number of carbonyl (C=O) groups is 2. The average Bonchev–Trinajstić information content (AvgIpc) is 2.45. The van der Waals surface area contributed by atoms with Gasteiger partial charge in [0.2, 0.25) is 5.91 Å². The topological polar surface area (TPSA) is 46.6 Å². The lowest BCUT2D eigenvalue weighted by atomic mass is 9.69. The number of carbonyl (C=O) groups excluding carboxylic acids is 2. The van der Waals surface area contributed by atoms with Gasteiger partial charge in [-0.3, -0.25) is 4.79 Å². The summed E-state index contributed by atoms with van der Waals surface area (Å²) < 4.78 is 5.32. The number of esters is 1. The van der Waals surface area contributed by atoms with Gasteiger partial charge in [0.1, 0.15) is 6.04 Å². The van der Waals surface area contributed by atoms with E-state index in [4.69, 9.17) is 4.74 Å². The number of hydrogen-bond donors (Lipinski definition) is 0. The molecule has 0 aliphatic heterocycles. The summed E-state index contributed by atoms with van der Waals surface area (Å²) in [6, 6.07) is -0.477. The number of likely N-dealkylation sites (N-methyl/N-ethyl adjacent to an activating group) is 1. The van der Waals surface area contributed by atoms with Gasteiger partial charge in [-0.05, 0) is 50.9 Å². The van der Waals surface area contributed by atoms with Crippen molar-refractivity contribution < 1.29 is 14.3 Å². The molecule has 1 rings (SSSR count). The molecule has 1 amide bonds. The van der Waals surface area contributed by atoms with Crippen LogP contribution in [-0.4, -0.2) is 36.0 Å². The monoisotopic (exact) mass is 325 g/mol. The van der Waals surface area contributed by atoms with E-state index >= 15 is 0 Å². The first-order valence-corrected chi connectivity index (χ1v) is 9.16. The van der Waals surface area contributed by atoms with Crippen LogP contribution in [0.4, 0.5) is 0 Å². The zero-order chi connectivity index (χ0) is 17.7. The highest BCUT2D eigenvalue weighted by Crippen LogP contribution is 2.39. The predicted molar refractivity (Wildman–Crippen MR) is 92.9 cm³/mol. The molecule has 0 N–H and O–H groups in total. The third-order valence-corrected chi connectivity index (χ3v) is 5.17. The molecule has 0 unspecified atom stereocenters. The third-order valence-electron chi connectivity index (χ3n) is 5.17. The van der Waals surface area contributed by atoms with Crippen LogP contribution >= 0.6 is 0 Å². The molecule has 1 aliphatic rings. The fourth-order valence-electron chi connectivity index (χ4n) is 3.81. The van der Waals surface area contributed by atoms with Gasteiger partial charge in [0.05, 0.1) is 6.10 Å². The summed E-state index contributed by atoms with van der Waals surface area (Å²) in [6.45, 7) is 12.2. The Hall–Kier alpha value is -1.06. The minimum Gasteiger partial charge on any atom is -0.461 e. The maximum atomic E-state index is 13.1. The van der Waals surface area contributed by atoms with Crippen LogP contribution in [0.3, 0.4) is 0 Å². The maximum absolute atomic E-state index is 13.1. The maximum Gasteiger partial charge on any atom is 0.329 e. The van der Waals surface area contributed by atoms with Gasteiger partial charge in [-0.15, -0.1) is 0 Å². The molecule has 1 saturated carbocycles. The van der Waals surface area contributed by atoms with Crippen molar-refractivity contribution in [2.24, 2.45) is 23.7 Å². The molecule has 4 nitrogen and oxygen atoms in total. The molecule has 4 heteroatoms. The van der Waals surface area contributed by atoms with E-state index in [0.717, 1.165) is 12.8 Å². The molecule has 1 aliphatic carbocycles. The van der Waals surface area contributed by atoms with Crippen LogP contribution in [0.25, 0.3) is 0 Å². The van der Waals surface area contributed by atoms with Gasteiger partial charge in [-0.2, -0.15) is 0 Å². The molecule has 1 fully saturated rings. The van der Waals surface area contributed by atoms with Crippen molar-refractivity contribution in [3.63, 3.8) is 0 Å². The lowest BCUT2D eigenvalue weighted by molar-refractivity contribution is -0.160. The molecule has 0 aromatic carbocycles. The van der Waals surface area contributed by atoms with Crippen molar-refractivity contribution in [3.8, 4) is 0 Å². The van der Waals surface area contributed by atoms with Crippen LogP contribution in [0.15, 0.2) is 0 Å². The first kappa shape index (κ1) is 20.0. The van der Waals surface area contributed by atoms with E-state index in [0.29, 0.717) is 24.2 Å². The summed E-state index contributed by atoms with van der Waals surface area (Å²) in [5, 5.41) is 0. The average molecular weight is 325 g/mol. The van der Waals surface area contributed by atoms with Gasteiger partial charge in [0.25, 0.3) is 0 Å². The number of amides is 1. The molecule has 0 radical (unpaired) electrons. The largest absolute Gasteiger partial charge is 0.461 e. The molecule has 0 aromatic heterocycles. The summed E-state index contributed by atoms with van der Waals surface area (Å²) in [4.78, 5) is 27.0. The van der Waals surface area contributed by atoms with E-state index in [9.17, 15) is 9.59 Å². The van der Waals surface area contributed by atoms with Crippen LogP contribution in [0.5, 0.6) is 0 Å². The van der Waals surface area contributed by atoms with Crippen molar-refractivity contribution in [1.29, 1.82) is 0 Å². The van der Waals surface area contributed by atoms with Crippen molar-refractivity contribution in [3.05, 3.63) is 0 Å². The van der Waals surface area contributed by atoms with Gasteiger partial charge in [-0.1, -0.05) is 34.1 Å². The van der Waals surface area contributed by atoms with Crippen LogP contribution in [0.1, 0.15) is 67.2 Å². The van der Waals surface area contributed by atoms with E-state index in [1.807, 2.05) is 20.8 Å². The Morgan fingerprint density at radius 2 is 1.78 bits per heavy atom. The number of hydrogen-bond acceptors (Lipinski definition) is 3. The molecule has 23 heavy (non-hydrogen) atoms. The molecule has 0 bridgehead atoms. The molecule has 4 atom stereocenters. The molecule has 0 spiro atoms. The van der Waals surface area contributed by atoms with E-state index < -0.39 is 6.04 Å². The first-order valence-electron chi connectivity index (χ1n) is 9.16. The standard InChI is InChI=1S/C19H35NO3/c1-8-17(19(22)23-13(4)5)20(7)18(21)16-11-14(6)9-10-15(16)12(2)3/h12-17H,8-11H2,1-7H3/t14-,15+,16-,17-/m1/s1. The lowest BCUT2D eigenvalue weighted by Gasteiger charge is -2.39. The highest BCUT2D eigenvalue weighted by atomic mass is 16.5. The number of ether oxygens (including phenoxy) is 1. The fraction of sp³-hybridized carbons (Fsp3) is 0.895. The Labute approximate surface area is 141 Å². The van der Waals surface area contributed by atoms with Crippen molar-refractivity contribution >= 4 is 11.9 Å². The predicted octanol–water partition coefficient (Wildman–Crippen LogP) is 3.88. The van der Waals surface area contributed by atoms with Gasteiger partial charge in [-0.25, -0.2) is 4.79 Å². The number of rotatable bonds is 6. The summed E-state index contributed by atoms with van der Waals surface area (Å²) in [5.41, 5.74) is 0. The van der Waals surface area contributed by atoms with Crippen LogP contribution < -0.4 is 0 Å². The van der Waals surface area contributed by atoms with Crippen molar-refractivity contribution in [1.82, 2.24) is 4.90 Å². The first-order chi connectivity index (χ1) is 10.7. The fourth-order valence-corrected chi connectivity index (χ4v) is 3.81. The second kappa shape index (κ2) is 8.70. The molecular weight excluding hydrogens is 290 g/mol. The lowest BCUT2D eigenvalue weighted by Crippen LogP contribution is -2.48. The Kier molecular flexibility index (Phi) is 7.56. The van der Waals surface area contributed by atoms with Gasteiger partial charge in [0, 0.05) is 13.0 Å². The minimum atomic E-state index is -0.477. The molecule has 0 heterocycles. The molecular formula is C19H35NO3. The summed E-state index contributed by atoms with van der Waals surface area (Å²) >= 11 is 0. The van der Waals surface area contributed by atoms with E-state index in [1.54, 1.807) is 11.9 Å². The van der Waals surface area contributed by atoms with Gasteiger partial charge < -0.3 is 9.64 Å². The third kappa shape index (κ3) is 5.22. The van der Waals surface area contributed by atoms with E-state index in [-0.39, 0.29) is 23.9 Å². The minimum absolute atomic E-state index is 0.0321. The molecule has 0 saturated heterocycles. The number of nitrogens with zero attached hydrogens (tertiary/aromatic N) is 1. The van der Waals surface area contributed by atoms with Gasteiger partial charge in [0.15, 0.2) is 0 Å². The highest BCUT2D eigenvalue weighted by Gasteiger charge is 2.39. The van der Waals surface area contributed by atoms with E-state index in [2.05, 4.69) is 20.8 Å². The van der Waals surface area contributed by atoms with Crippen LogP contribution in [0.2, 0.25) is 0 Å². The second-order valence-corrected chi connectivity index (χ2v) is 7.79. The zero-order valence-electron chi connectivity index (χ0n) is 16.0. The Bertz CT molecular complexity index is 405. The SMILES string of the molecule is CC[C@H](C(=O)OC(C)C)N(C)C(=O)[C@@H]1C[C@H](C)CC[C@H]1C(C)C.